The summed E-state index contributed by atoms with van der Waals surface area (Å²) in [5, 5.41) is 3.09. The van der Waals surface area contributed by atoms with Gasteiger partial charge in [-0.05, 0) is 55.4 Å². The van der Waals surface area contributed by atoms with E-state index >= 15 is 0 Å². The van der Waals surface area contributed by atoms with Gasteiger partial charge in [0.25, 0.3) is 5.91 Å². The van der Waals surface area contributed by atoms with E-state index in [4.69, 9.17) is 5.73 Å². The van der Waals surface area contributed by atoms with Gasteiger partial charge in [0.05, 0.1) is 6.54 Å². The van der Waals surface area contributed by atoms with E-state index < -0.39 is 0 Å². The summed E-state index contributed by atoms with van der Waals surface area (Å²) in [6, 6.07) is 5.71. The van der Waals surface area contributed by atoms with Crippen LogP contribution in [0, 0.1) is 24.2 Å². The Labute approximate surface area is 127 Å². The summed E-state index contributed by atoms with van der Waals surface area (Å²) in [7, 11) is 0. The van der Waals surface area contributed by atoms with Crippen molar-refractivity contribution in [3.05, 3.63) is 34.9 Å². The number of hydrogen-bond donors (Lipinski definition) is 2. The molecule has 0 atom stereocenters. The normalized spacial score (nSPS) is 15.6. The van der Waals surface area contributed by atoms with Crippen molar-refractivity contribution in [3.8, 4) is 11.8 Å². The van der Waals surface area contributed by atoms with Crippen LogP contribution in [0.1, 0.15) is 54.1 Å². The van der Waals surface area contributed by atoms with Crippen LogP contribution >= 0.6 is 0 Å². The number of carbonyl (C=O) groups excluding carboxylic acids is 1. The quantitative estimate of drug-likeness (QED) is 0.835. The van der Waals surface area contributed by atoms with Crippen molar-refractivity contribution in [2.24, 2.45) is 11.1 Å². The zero-order valence-corrected chi connectivity index (χ0v) is 13.0. The average Bonchev–Trinajstić information content (AvgIpc) is 2.43. The molecule has 1 aromatic rings. The molecule has 0 aromatic heterocycles. The van der Waals surface area contributed by atoms with Gasteiger partial charge >= 0.3 is 0 Å². The van der Waals surface area contributed by atoms with Crippen molar-refractivity contribution < 1.29 is 4.79 Å². The number of benzene rings is 1. The molecule has 112 valence electrons. The first-order valence-electron chi connectivity index (χ1n) is 7.67. The molecule has 1 saturated carbocycles. The maximum Gasteiger partial charge on any atom is 0.251 e. The maximum atomic E-state index is 12.3. The lowest BCUT2D eigenvalue weighted by Gasteiger charge is -2.41. The van der Waals surface area contributed by atoms with Crippen molar-refractivity contribution in [3.63, 3.8) is 0 Å². The lowest BCUT2D eigenvalue weighted by atomic mass is 9.67. The van der Waals surface area contributed by atoms with Crippen molar-refractivity contribution in [1.29, 1.82) is 0 Å². The predicted octanol–water partition coefficient (Wildman–Crippen LogP) is 2.62. The minimum Gasteiger partial charge on any atom is -0.351 e. The van der Waals surface area contributed by atoms with Gasteiger partial charge in [0.1, 0.15) is 0 Å². The van der Waals surface area contributed by atoms with E-state index in [-0.39, 0.29) is 5.91 Å². The molecule has 0 heterocycles. The highest BCUT2D eigenvalue weighted by Crippen LogP contribution is 2.43. The number of rotatable bonds is 4. The molecule has 0 aliphatic heterocycles. The Morgan fingerprint density at radius 2 is 2.14 bits per heavy atom. The number of aryl methyl sites for hydroxylation is 1. The third-order valence-electron chi connectivity index (χ3n) is 4.46. The summed E-state index contributed by atoms with van der Waals surface area (Å²) in [5.74, 6) is 5.81. The van der Waals surface area contributed by atoms with Gasteiger partial charge in [-0.1, -0.05) is 25.2 Å². The number of nitrogens with one attached hydrogen (secondary N) is 1. The first kappa shape index (κ1) is 15.6. The van der Waals surface area contributed by atoms with Crippen LogP contribution in [-0.2, 0) is 0 Å². The molecule has 0 radical (unpaired) electrons. The zero-order chi connectivity index (χ0) is 15.3. The highest BCUT2D eigenvalue weighted by Gasteiger charge is 2.35. The average molecular weight is 284 g/mol. The molecule has 3 N–H and O–H groups in total. The standard InChI is InChI=1S/C18H24N2O/c1-3-18(7-5-8-18)13-20-17(21)16-11-14(2)10-15(12-16)6-4-9-19/h10-12H,3,5,7-9,13,19H2,1-2H3,(H,20,21). The largest absolute Gasteiger partial charge is 0.351 e. The van der Waals surface area contributed by atoms with Crippen molar-refractivity contribution in [1.82, 2.24) is 5.32 Å². The van der Waals surface area contributed by atoms with E-state index in [9.17, 15) is 4.79 Å². The van der Waals surface area contributed by atoms with Gasteiger partial charge in [-0.2, -0.15) is 0 Å². The van der Waals surface area contributed by atoms with Crippen LogP contribution in [0.3, 0.4) is 0 Å². The fourth-order valence-corrected chi connectivity index (χ4v) is 2.84. The highest BCUT2D eigenvalue weighted by atomic mass is 16.1. The second-order valence-corrected chi connectivity index (χ2v) is 5.98. The smallest absolute Gasteiger partial charge is 0.251 e. The Morgan fingerprint density at radius 1 is 1.38 bits per heavy atom. The Kier molecular flexibility index (Phi) is 5.03. The van der Waals surface area contributed by atoms with Crippen LogP contribution in [0.2, 0.25) is 0 Å². The van der Waals surface area contributed by atoms with Crippen LogP contribution in [0.15, 0.2) is 18.2 Å². The number of amides is 1. The zero-order valence-electron chi connectivity index (χ0n) is 13.0. The molecule has 1 aromatic carbocycles. The summed E-state index contributed by atoms with van der Waals surface area (Å²) >= 11 is 0. The number of carbonyl (C=O) groups is 1. The molecule has 1 aliphatic carbocycles. The number of hydrogen-bond acceptors (Lipinski definition) is 2. The third-order valence-corrected chi connectivity index (χ3v) is 4.46. The molecule has 0 spiro atoms. The molecule has 2 rings (SSSR count). The summed E-state index contributed by atoms with van der Waals surface area (Å²) in [6.45, 7) is 5.29. The highest BCUT2D eigenvalue weighted by molar-refractivity contribution is 5.94. The second-order valence-electron chi connectivity index (χ2n) is 5.98. The van der Waals surface area contributed by atoms with Crippen molar-refractivity contribution in [2.45, 2.75) is 39.5 Å². The van der Waals surface area contributed by atoms with E-state index in [2.05, 4.69) is 24.1 Å². The molecule has 1 aliphatic rings. The molecule has 0 saturated heterocycles. The molecule has 1 amide bonds. The third kappa shape index (κ3) is 3.86. The lowest BCUT2D eigenvalue weighted by molar-refractivity contribution is 0.0850. The summed E-state index contributed by atoms with van der Waals surface area (Å²) < 4.78 is 0. The van der Waals surface area contributed by atoms with E-state index in [1.165, 1.54) is 19.3 Å². The van der Waals surface area contributed by atoms with Crippen LogP contribution in [0.25, 0.3) is 0 Å². The second kappa shape index (κ2) is 6.78. The van der Waals surface area contributed by atoms with Crippen LogP contribution in [0.5, 0.6) is 0 Å². The van der Waals surface area contributed by atoms with Gasteiger partial charge in [0.2, 0.25) is 0 Å². The SMILES string of the molecule is CCC1(CNC(=O)c2cc(C)cc(C#CCN)c2)CCC1. The van der Waals surface area contributed by atoms with Gasteiger partial charge in [0.15, 0.2) is 0 Å². The molecule has 3 nitrogen and oxygen atoms in total. The van der Waals surface area contributed by atoms with Crippen molar-refractivity contribution in [2.75, 3.05) is 13.1 Å². The van der Waals surface area contributed by atoms with Gasteiger partial charge in [-0.25, -0.2) is 0 Å². The van der Waals surface area contributed by atoms with Crippen LogP contribution in [-0.4, -0.2) is 19.0 Å². The minimum absolute atomic E-state index is 0.00535. The van der Waals surface area contributed by atoms with E-state index in [0.717, 1.165) is 24.1 Å². The fourth-order valence-electron chi connectivity index (χ4n) is 2.84. The Morgan fingerprint density at radius 3 is 2.71 bits per heavy atom. The minimum atomic E-state index is -0.00535. The number of nitrogens with two attached hydrogens (primary N) is 1. The molecular formula is C18H24N2O. The van der Waals surface area contributed by atoms with Gasteiger partial charge < -0.3 is 11.1 Å². The Balaban J connectivity index is 2.06. The maximum absolute atomic E-state index is 12.3. The van der Waals surface area contributed by atoms with Gasteiger partial charge in [-0.15, -0.1) is 0 Å². The lowest BCUT2D eigenvalue weighted by Crippen LogP contribution is -2.41. The molecule has 1 fully saturated rings. The molecule has 0 unspecified atom stereocenters. The van der Waals surface area contributed by atoms with E-state index in [1.807, 2.05) is 25.1 Å². The van der Waals surface area contributed by atoms with Crippen LogP contribution in [0.4, 0.5) is 0 Å². The van der Waals surface area contributed by atoms with E-state index in [1.54, 1.807) is 0 Å². The molecule has 3 heteroatoms. The summed E-state index contributed by atoms with van der Waals surface area (Å²) in [4.78, 5) is 12.3. The van der Waals surface area contributed by atoms with Crippen molar-refractivity contribution >= 4 is 5.91 Å². The van der Waals surface area contributed by atoms with Gasteiger partial charge in [0, 0.05) is 17.7 Å². The molecule has 0 bridgehead atoms. The van der Waals surface area contributed by atoms with Gasteiger partial charge in [-0.3, -0.25) is 4.79 Å². The topological polar surface area (TPSA) is 55.1 Å². The first-order chi connectivity index (χ1) is 10.1. The monoisotopic (exact) mass is 284 g/mol. The first-order valence-corrected chi connectivity index (χ1v) is 7.67. The molecular weight excluding hydrogens is 260 g/mol. The fraction of sp³-hybridized carbons (Fsp3) is 0.500. The summed E-state index contributed by atoms with van der Waals surface area (Å²) in [5.41, 5.74) is 8.30. The van der Waals surface area contributed by atoms with E-state index in [0.29, 0.717) is 17.5 Å². The Hall–Kier alpha value is -1.79. The Bertz CT molecular complexity index is 571. The predicted molar refractivity (Wildman–Crippen MR) is 86.0 cm³/mol. The molecule has 21 heavy (non-hydrogen) atoms. The van der Waals surface area contributed by atoms with Crippen LogP contribution < -0.4 is 11.1 Å². The summed E-state index contributed by atoms with van der Waals surface area (Å²) in [6.07, 6.45) is 4.87.